The zero-order chi connectivity index (χ0) is 12.7. The Bertz CT molecular complexity index is 419. The van der Waals surface area contributed by atoms with Gasteiger partial charge in [0.05, 0.1) is 0 Å². The average molecular weight is 234 g/mol. The molecule has 3 nitrogen and oxygen atoms in total. The molecule has 0 spiro atoms. The summed E-state index contributed by atoms with van der Waals surface area (Å²) < 4.78 is 10.8. The predicted molar refractivity (Wildman–Crippen MR) is 64.5 cm³/mol. The van der Waals surface area contributed by atoms with Crippen molar-refractivity contribution in [3.05, 3.63) is 35.9 Å². The number of benzene rings is 1. The van der Waals surface area contributed by atoms with E-state index >= 15 is 0 Å². The Kier molecular flexibility index (Phi) is 2.74. The van der Waals surface area contributed by atoms with Gasteiger partial charge >= 0.3 is 5.97 Å². The van der Waals surface area contributed by atoms with Gasteiger partial charge in [-0.05, 0) is 33.3 Å². The van der Waals surface area contributed by atoms with Gasteiger partial charge in [0.15, 0.2) is 6.10 Å². The first-order valence-electron chi connectivity index (χ1n) is 5.79. The lowest BCUT2D eigenvalue weighted by atomic mass is 9.97. The highest BCUT2D eigenvalue weighted by Crippen LogP contribution is 2.46. The van der Waals surface area contributed by atoms with E-state index in [2.05, 4.69) is 0 Å². The molecule has 1 heterocycles. The Morgan fingerprint density at radius 3 is 2.41 bits per heavy atom. The lowest BCUT2D eigenvalue weighted by Crippen LogP contribution is -2.28. The van der Waals surface area contributed by atoms with E-state index in [-0.39, 0.29) is 5.97 Å². The molecule has 0 aromatic heterocycles. The largest absolute Gasteiger partial charge is 0.458 e. The van der Waals surface area contributed by atoms with Gasteiger partial charge in [-0.2, -0.15) is 0 Å². The summed E-state index contributed by atoms with van der Waals surface area (Å²) in [6.07, 6.45) is -0.482. The van der Waals surface area contributed by atoms with E-state index < -0.39 is 17.3 Å². The summed E-state index contributed by atoms with van der Waals surface area (Å²) >= 11 is 0. The van der Waals surface area contributed by atoms with Crippen LogP contribution in [0.15, 0.2) is 30.3 Å². The second kappa shape index (κ2) is 3.84. The Labute approximate surface area is 102 Å². The van der Waals surface area contributed by atoms with Crippen LogP contribution in [-0.2, 0) is 19.9 Å². The first-order chi connectivity index (χ1) is 7.83. The zero-order valence-electron chi connectivity index (χ0n) is 10.7. The first kappa shape index (κ1) is 12.1. The lowest BCUT2D eigenvalue weighted by molar-refractivity contribution is -0.156. The second-order valence-electron chi connectivity index (χ2n) is 5.50. The summed E-state index contributed by atoms with van der Waals surface area (Å²) in [5, 5.41) is 0. The van der Waals surface area contributed by atoms with Crippen LogP contribution >= 0.6 is 0 Å². The highest BCUT2D eigenvalue weighted by Gasteiger charge is 2.59. The third-order valence-electron chi connectivity index (χ3n) is 2.77. The highest BCUT2D eigenvalue weighted by atomic mass is 16.7. The van der Waals surface area contributed by atoms with Crippen molar-refractivity contribution in [2.45, 2.75) is 45.0 Å². The molecule has 0 saturated carbocycles. The molecular formula is C14H18O3. The van der Waals surface area contributed by atoms with E-state index in [0.717, 1.165) is 5.56 Å². The van der Waals surface area contributed by atoms with Gasteiger partial charge in [-0.3, -0.25) is 0 Å². The van der Waals surface area contributed by atoms with Crippen LogP contribution in [0.5, 0.6) is 0 Å². The Hall–Kier alpha value is -1.35. The average Bonchev–Trinajstić information content (AvgIpc) is 2.92. The summed E-state index contributed by atoms with van der Waals surface area (Å²) in [5.41, 5.74) is 0.0142. The molecule has 1 aromatic carbocycles. The summed E-state index contributed by atoms with van der Waals surface area (Å²) in [6.45, 7) is 7.48. The molecule has 1 saturated heterocycles. The molecule has 1 fully saturated rings. The smallest absolute Gasteiger partial charge is 0.339 e. The molecule has 1 aromatic rings. The topological polar surface area (TPSA) is 38.8 Å². The van der Waals surface area contributed by atoms with Crippen LogP contribution in [0.1, 0.15) is 33.3 Å². The molecule has 92 valence electrons. The molecular weight excluding hydrogens is 216 g/mol. The van der Waals surface area contributed by atoms with Gasteiger partial charge in [0.1, 0.15) is 11.2 Å². The highest BCUT2D eigenvalue weighted by molar-refractivity contribution is 5.80. The van der Waals surface area contributed by atoms with Crippen molar-refractivity contribution in [2.75, 3.05) is 0 Å². The molecule has 2 atom stereocenters. The molecule has 2 rings (SSSR count). The van der Waals surface area contributed by atoms with Crippen LogP contribution in [0.25, 0.3) is 0 Å². The van der Waals surface area contributed by atoms with E-state index in [9.17, 15) is 4.79 Å². The van der Waals surface area contributed by atoms with Gasteiger partial charge in [0.2, 0.25) is 0 Å². The van der Waals surface area contributed by atoms with Gasteiger partial charge < -0.3 is 9.47 Å². The Morgan fingerprint density at radius 1 is 1.29 bits per heavy atom. The fraction of sp³-hybridized carbons (Fsp3) is 0.500. The van der Waals surface area contributed by atoms with E-state index in [4.69, 9.17) is 9.47 Å². The molecule has 0 aliphatic carbocycles. The maximum absolute atomic E-state index is 11.9. The fourth-order valence-corrected chi connectivity index (χ4v) is 1.83. The number of esters is 1. The van der Waals surface area contributed by atoms with Crippen LogP contribution in [0.3, 0.4) is 0 Å². The summed E-state index contributed by atoms with van der Waals surface area (Å²) in [7, 11) is 0. The molecule has 0 radical (unpaired) electrons. The van der Waals surface area contributed by atoms with Crippen LogP contribution in [0.2, 0.25) is 0 Å². The van der Waals surface area contributed by atoms with Crippen molar-refractivity contribution in [3.8, 4) is 0 Å². The fourth-order valence-electron chi connectivity index (χ4n) is 1.83. The molecule has 3 heteroatoms. The molecule has 0 amide bonds. The minimum absolute atomic E-state index is 0.288. The Morgan fingerprint density at radius 2 is 1.88 bits per heavy atom. The molecule has 17 heavy (non-hydrogen) atoms. The standard InChI is InChI=1S/C14H18O3/c1-13(2,3)17-12(15)11-14(4,16-11)10-8-6-5-7-9-10/h5-9,11H,1-4H3. The third kappa shape index (κ3) is 2.50. The van der Waals surface area contributed by atoms with Gasteiger partial charge in [-0.1, -0.05) is 30.3 Å². The summed E-state index contributed by atoms with van der Waals surface area (Å²) in [6, 6.07) is 9.75. The lowest BCUT2D eigenvalue weighted by Gasteiger charge is -2.19. The molecule has 1 aliphatic heterocycles. The second-order valence-corrected chi connectivity index (χ2v) is 5.50. The van der Waals surface area contributed by atoms with Crippen molar-refractivity contribution in [3.63, 3.8) is 0 Å². The number of hydrogen-bond acceptors (Lipinski definition) is 3. The van der Waals surface area contributed by atoms with Gasteiger partial charge in [0.25, 0.3) is 0 Å². The Balaban J connectivity index is 2.07. The quantitative estimate of drug-likeness (QED) is 0.583. The number of ether oxygens (including phenoxy) is 2. The number of carbonyl (C=O) groups is 1. The van der Waals surface area contributed by atoms with Crippen molar-refractivity contribution in [1.29, 1.82) is 0 Å². The normalized spacial score (nSPS) is 27.6. The van der Waals surface area contributed by atoms with Crippen LogP contribution in [0, 0.1) is 0 Å². The predicted octanol–water partition coefficient (Wildman–Crippen LogP) is 2.64. The number of rotatable bonds is 2. The van der Waals surface area contributed by atoms with Crippen molar-refractivity contribution in [1.82, 2.24) is 0 Å². The van der Waals surface area contributed by atoms with E-state index in [1.54, 1.807) is 0 Å². The zero-order valence-corrected chi connectivity index (χ0v) is 10.7. The van der Waals surface area contributed by atoms with E-state index in [0.29, 0.717) is 0 Å². The maximum Gasteiger partial charge on any atom is 0.339 e. The number of epoxide rings is 1. The van der Waals surface area contributed by atoms with Gasteiger partial charge in [-0.15, -0.1) is 0 Å². The number of carbonyl (C=O) groups excluding carboxylic acids is 1. The van der Waals surface area contributed by atoms with Gasteiger partial charge in [0, 0.05) is 0 Å². The molecule has 1 aliphatic rings. The van der Waals surface area contributed by atoms with Gasteiger partial charge in [-0.25, -0.2) is 4.79 Å². The SMILES string of the molecule is CC(C)(C)OC(=O)C1OC1(C)c1ccccc1. The molecule has 0 N–H and O–H groups in total. The van der Waals surface area contributed by atoms with Crippen LogP contribution in [-0.4, -0.2) is 17.7 Å². The van der Waals surface area contributed by atoms with Crippen LogP contribution in [0.4, 0.5) is 0 Å². The van der Waals surface area contributed by atoms with E-state index in [1.807, 2.05) is 58.0 Å². The third-order valence-corrected chi connectivity index (χ3v) is 2.77. The molecule has 2 unspecified atom stereocenters. The van der Waals surface area contributed by atoms with Crippen molar-refractivity contribution < 1.29 is 14.3 Å². The minimum atomic E-state index is -0.524. The van der Waals surface area contributed by atoms with E-state index in [1.165, 1.54) is 0 Å². The molecule has 0 bridgehead atoms. The minimum Gasteiger partial charge on any atom is -0.458 e. The maximum atomic E-state index is 11.9. The van der Waals surface area contributed by atoms with Crippen LogP contribution < -0.4 is 0 Å². The van der Waals surface area contributed by atoms with Crippen molar-refractivity contribution >= 4 is 5.97 Å². The summed E-state index contributed by atoms with van der Waals surface area (Å²) in [4.78, 5) is 11.9. The number of hydrogen-bond donors (Lipinski definition) is 0. The summed E-state index contributed by atoms with van der Waals surface area (Å²) in [5.74, 6) is -0.288. The van der Waals surface area contributed by atoms with Crippen molar-refractivity contribution in [2.24, 2.45) is 0 Å². The monoisotopic (exact) mass is 234 g/mol. The first-order valence-corrected chi connectivity index (χ1v) is 5.79.